The van der Waals surface area contributed by atoms with Gasteiger partial charge in [-0.1, -0.05) is 182 Å². The van der Waals surface area contributed by atoms with Gasteiger partial charge in [-0.05, 0) is 100 Å². The molecule has 10 aromatic rings. The first kappa shape index (κ1) is 30.8. The topological polar surface area (TPSA) is 15.8 Å². The lowest BCUT2D eigenvalue weighted by atomic mass is 9.93. The molecular weight excluding hydrogens is 667 g/mol. The Kier molecular flexibility index (Phi) is 6.95. The Morgan fingerprint density at radius 1 is 0.278 bits per heavy atom. The summed E-state index contributed by atoms with van der Waals surface area (Å²) in [6.07, 6.45) is 0. The minimum atomic E-state index is -2.58. The molecular formula is C52H35NSi. The van der Waals surface area contributed by atoms with E-state index in [0.717, 1.165) is 11.0 Å². The van der Waals surface area contributed by atoms with Crippen LogP contribution in [0.15, 0.2) is 206 Å². The van der Waals surface area contributed by atoms with Crippen molar-refractivity contribution in [2.24, 2.45) is 0 Å². The van der Waals surface area contributed by atoms with E-state index in [1.807, 2.05) is 0 Å². The lowest BCUT2D eigenvalue weighted by Gasteiger charge is -2.34. The second kappa shape index (κ2) is 12.2. The highest BCUT2D eigenvalue weighted by Gasteiger charge is 2.41. The van der Waals surface area contributed by atoms with Gasteiger partial charge < -0.3 is 4.98 Å². The molecule has 0 spiro atoms. The second-order valence-corrected chi connectivity index (χ2v) is 18.3. The fourth-order valence-electron chi connectivity index (χ4n) is 9.28. The molecule has 252 valence electrons. The van der Waals surface area contributed by atoms with Crippen LogP contribution in [0, 0.1) is 0 Å². The van der Waals surface area contributed by atoms with E-state index < -0.39 is 8.07 Å². The first-order chi connectivity index (χ1) is 26.8. The first-order valence-electron chi connectivity index (χ1n) is 18.8. The fourth-order valence-corrected chi connectivity index (χ4v) is 14.0. The van der Waals surface area contributed by atoms with Crippen LogP contribution in [0.1, 0.15) is 0 Å². The molecule has 0 bridgehead atoms. The normalized spacial score (nSPS) is 12.1. The zero-order valence-electron chi connectivity index (χ0n) is 29.6. The molecule has 1 aliphatic rings. The monoisotopic (exact) mass is 701 g/mol. The van der Waals surface area contributed by atoms with Gasteiger partial charge in [0.2, 0.25) is 0 Å². The molecule has 1 aliphatic carbocycles. The van der Waals surface area contributed by atoms with Gasteiger partial charge in [0.05, 0.1) is 0 Å². The Hall–Kier alpha value is -6.74. The predicted octanol–water partition coefficient (Wildman–Crippen LogP) is 10.8. The number of fused-ring (bicyclic) bond motifs is 6. The molecule has 0 fully saturated rings. The highest BCUT2D eigenvalue weighted by atomic mass is 28.3. The average Bonchev–Trinajstić information content (AvgIpc) is 3.78. The molecule has 11 rings (SSSR count). The van der Waals surface area contributed by atoms with Crippen LogP contribution in [0.4, 0.5) is 0 Å². The molecule has 1 N–H and O–H groups in total. The van der Waals surface area contributed by atoms with Crippen molar-refractivity contribution < 1.29 is 0 Å². The molecule has 0 amide bonds. The third-order valence-corrected chi connectivity index (χ3v) is 16.5. The van der Waals surface area contributed by atoms with Gasteiger partial charge in [0.25, 0.3) is 0 Å². The molecule has 2 heteroatoms. The van der Waals surface area contributed by atoms with Gasteiger partial charge in [-0.15, -0.1) is 0 Å². The summed E-state index contributed by atoms with van der Waals surface area (Å²) in [7, 11) is -2.58. The Morgan fingerprint density at radius 3 is 1.31 bits per heavy atom. The number of benzene rings is 9. The van der Waals surface area contributed by atoms with Crippen LogP contribution >= 0.6 is 0 Å². The number of hydrogen-bond acceptors (Lipinski definition) is 0. The molecule has 0 aliphatic heterocycles. The lowest BCUT2D eigenvalue weighted by Crippen LogP contribution is -2.74. The molecule has 0 unspecified atom stereocenters. The second-order valence-electron chi connectivity index (χ2n) is 14.5. The quantitative estimate of drug-likeness (QED) is 0.131. The van der Waals surface area contributed by atoms with Gasteiger partial charge >= 0.3 is 0 Å². The number of H-pyrrole nitrogens is 1. The van der Waals surface area contributed by atoms with Crippen LogP contribution < -0.4 is 20.7 Å². The Labute approximate surface area is 315 Å². The van der Waals surface area contributed by atoms with Gasteiger partial charge in [-0.3, -0.25) is 0 Å². The van der Waals surface area contributed by atoms with Crippen molar-refractivity contribution in [2.75, 3.05) is 0 Å². The average molecular weight is 702 g/mol. The maximum Gasteiger partial charge on any atom is 0.179 e. The summed E-state index contributed by atoms with van der Waals surface area (Å²) in [6.45, 7) is 0. The van der Waals surface area contributed by atoms with E-state index in [1.54, 1.807) is 0 Å². The van der Waals surface area contributed by atoms with Crippen LogP contribution in [-0.4, -0.2) is 13.1 Å². The van der Waals surface area contributed by atoms with Crippen molar-refractivity contribution in [1.29, 1.82) is 0 Å². The van der Waals surface area contributed by atoms with E-state index in [4.69, 9.17) is 0 Å². The molecule has 9 aromatic carbocycles. The largest absolute Gasteiger partial charge is 0.355 e. The van der Waals surface area contributed by atoms with Crippen LogP contribution in [0.2, 0.25) is 0 Å². The summed E-state index contributed by atoms with van der Waals surface area (Å²) in [5.74, 6) is 0. The zero-order chi connectivity index (χ0) is 35.6. The molecule has 54 heavy (non-hydrogen) atoms. The Bertz CT molecular complexity index is 2890. The Balaban J connectivity index is 1.03. The number of aromatic amines is 1. The van der Waals surface area contributed by atoms with E-state index in [0.29, 0.717) is 0 Å². The molecule has 1 nitrogen and oxygen atoms in total. The number of nitrogens with one attached hydrogen (secondary N) is 1. The minimum absolute atomic E-state index is 1.15. The number of hydrogen-bond donors (Lipinski definition) is 1. The first-order valence-corrected chi connectivity index (χ1v) is 20.8. The van der Waals surface area contributed by atoms with Crippen LogP contribution in [0.3, 0.4) is 0 Å². The maximum absolute atomic E-state index is 3.70. The number of aromatic nitrogens is 1. The minimum Gasteiger partial charge on any atom is -0.355 e. The van der Waals surface area contributed by atoms with E-state index in [-0.39, 0.29) is 0 Å². The highest BCUT2D eigenvalue weighted by molar-refractivity contribution is 7.19. The molecule has 0 saturated heterocycles. The van der Waals surface area contributed by atoms with E-state index in [2.05, 4.69) is 211 Å². The standard InChI is InChI=1S/C52H35NSi/c1-4-13-38(14-5-1)54(39-15-6-2-7-16-39,40-17-8-3-9-18-40)41-27-23-35(24-28-41)36-25-31-50-48(33-36)49-34-37(26-32-51(49)53-50)42-29-30-47-44-20-11-10-19-43(44)46-22-12-21-45(42)52(46)47/h1-34,53H. The van der Waals surface area contributed by atoms with Crippen LogP contribution in [0.5, 0.6) is 0 Å². The van der Waals surface area contributed by atoms with Gasteiger partial charge in [0, 0.05) is 21.8 Å². The van der Waals surface area contributed by atoms with E-state index in [9.17, 15) is 0 Å². The summed E-state index contributed by atoms with van der Waals surface area (Å²) in [5.41, 5.74) is 12.6. The van der Waals surface area contributed by atoms with E-state index in [1.165, 1.54) is 86.8 Å². The van der Waals surface area contributed by atoms with Gasteiger partial charge in [0.15, 0.2) is 8.07 Å². The van der Waals surface area contributed by atoms with Crippen molar-refractivity contribution in [3.8, 4) is 44.5 Å². The maximum atomic E-state index is 3.70. The van der Waals surface area contributed by atoms with Crippen LogP contribution in [-0.2, 0) is 0 Å². The zero-order valence-corrected chi connectivity index (χ0v) is 30.6. The van der Waals surface area contributed by atoms with Gasteiger partial charge in [0.1, 0.15) is 0 Å². The fraction of sp³-hybridized carbons (Fsp3) is 0. The van der Waals surface area contributed by atoms with Crippen LogP contribution in [0.25, 0.3) is 77.1 Å². The molecule has 0 atom stereocenters. The van der Waals surface area contributed by atoms with Crippen molar-refractivity contribution in [1.82, 2.24) is 4.98 Å². The van der Waals surface area contributed by atoms with E-state index >= 15 is 0 Å². The third kappa shape index (κ3) is 4.57. The summed E-state index contributed by atoms with van der Waals surface area (Å²) in [6, 6.07) is 76.8. The Morgan fingerprint density at radius 2 is 0.722 bits per heavy atom. The smallest absolute Gasteiger partial charge is 0.179 e. The summed E-state index contributed by atoms with van der Waals surface area (Å²) in [4.78, 5) is 3.70. The predicted molar refractivity (Wildman–Crippen MR) is 232 cm³/mol. The highest BCUT2D eigenvalue weighted by Crippen LogP contribution is 2.49. The van der Waals surface area contributed by atoms with Crippen molar-refractivity contribution in [2.45, 2.75) is 0 Å². The van der Waals surface area contributed by atoms with Crippen molar-refractivity contribution in [3.63, 3.8) is 0 Å². The SMILES string of the molecule is c1ccc([Si](c2ccccc2)(c2ccccc2)c2ccc(-c3ccc4[nH]c5ccc(-c6ccc7c8c(cccc68)-c6ccccc6-7)cc5c4c3)cc2)cc1. The number of rotatable bonds is 6. The summed E-state index contributed by atoms with van der Waals surface area (Å²) in [5, 5.41) is 10.7. The van der Waals surface area contributed by atoms with Crippen molar-refractivity contribution in [3.05, 3.63) is 206 Å². The van der Waals surface area contributed by atoms with Gasteiger partial charge in [-0.25, -0.2) is 0 Å². The lowest BCUT2D eigenvalue weighted by molar-refractivity contribution is 1.54. The molecule has 0 radical (unpaired) electrons. The molecule has 1 heterocycles. The summed E-state index contributed by atoms with van der Waals surface area (Å²) < 4.78 is 0. The van der Waals surface area contributed by atoms with Gasteiger partial charge in [-0.2, -0.15) is 0 Å². The van der Waals surface area contributed by atoms with Crippen molar-refractivity contribution >= 4 is 61.4 Å². The molecule has 1 aromatic heterocycles. The molecule has 0 saturated carbocycles. The summed E-state index contributed by atoms with van der Waals surface area (Å²) >= 11 is 0. The third-order valence-electron chi connectivity index (χ3n) is 11.7.